The highest BCUT2D eigenvalue weighted by Crippen LogP contribution is 2.33. The van der Waals surface area contributed by atoms with E-state index in [9.17, 15) is 4.79 Å². The first kappa shape index (κ1) is 16.3. The Morgan fingerprint density at radius 2 is 2.14 bits per heavy atom. The fourth-order valence-electron chi connectivity index (χ4n) is 2.51. The molecule has 0 bridgehead atoms. The Kier molecular flexibility index (Phi) is 5.65. The maximum atomic E-state index is 12.1. The van der Waals surface area contributed by atoms with Crippen LogP contribution in [0, 0.1) is 0 Å². The number of fused-ring (bicyclic) bond motifs is 1. The summed E-state index contributed by atoms with van der Waals surface area (Å²) in [5.41, 5.74) is 1.12. The lowest BCUT2D eigenvalue weighted by molar-refractivity contribution is -0.123. The van der Waals surface area contributed by atoms with Crippen LogP contribution < -0.4 is 15.4 Å². The number of halogens is 1. The summed E-state index contributed by atoms with van der Waals surface area (Å²) in [6.07, 6.45) is 1.94. The van der Waals surface area contributed by atoms with E-state index in [1.165, 1.54) is 0 Å². The van der Waals surface area contributed by atoms with Gasteiger partial charge in [0.15, 0.2) is 0 Å². The van der Waals surface area contributed by atoms with Crippen molar-refractivity contribution in [3.8, 4) is 5.75 Å². The van der Waals surface area contributed by atoms with E-state index in [1.54, 1.807) is 0 Å². The van der Waals surface area contributed by atoms with Crippen LogP contribution in [0.4, 0.5) is 0 Å². The summed E-state index contributed by atoms with van der Waals surface area (Å²) >= 11 is 3.47. The fourth-order valence-corrected chi connectivity index (χ4v) is 2.85. The number of hydrogen-bond acceptors (Lipinski definition) is 3. The van der Waals surface area contributed by atoms with Crippen molar-refractivity contribution in [1.82, 2.24) is 10.6 Å². The van der Waals surface area contributed by atoms with Crippen molar-refractivity contribution >= 4 is 21.8 Å². The molecule has 0 spiro atoms. The summed E-state index contributed by atoms with van der Waals surface area (Å²) < 4.78 is 6.80. The predicted molar refractivity (Wildman–Crippen MR) is 87.5 cm³/mol. The fraction of sp³-hybridized carbons (Fsp3) is 0.562. The summed E-state index contributed by atoms with van der Waals surface area (Å²) in [7, 11) is 0. The summed E-state index contributed by atoms with van der Waals surface area (Å²) in [5, 5.41) is 6.37. The van der Waals surface area contributed by atoms with Crippen LogP contribution in [0.1, 0.15) is 45.2 Å². The molecule has 0 aliphatic carbocycles. The zero-order valence-electron chi connectivity index (χ0n) is 12.8. The molecule has 2 unspecified atom stereocenters. The van der Waals surface area contributed by atoms with Crippen molar-refractivity contribution in [3.63, 3.8) is 0 Å². The Hall–Kier alpha value is -1.07. The van der Waals surface area contributed by atoms with Gasteiger partial charge >= 0.3 is 0 Å². The van der Waals surface area contributed by atoms with Gasteiger partial charge in [0.2, 0.25) is 5.91 Å². The van der Waals surface area contributed by atoms with Crippen LogP contribution in [0.3, 0.4) is 0 Å². The number of nitrogens with one attached hydrogen (secondary N) is 2. The molecule has 1 aliphatic heterocycles. The molecule has 0 radical (unpaired) electrons. The van der Waals surface area contributed by atoms with Crippen LogP contribution >= 0.6 is 15.9 Å². The van der Waals surface area contributed by atoms with Crippen LogP contribution in [0.25, 0.3) is 0 Å². The van der Waals surface area contributed by atoms with Gasteiger partial charge in [-0.25, -0.2) is 0 Å². The van der Waals surface area contributed by atoms with Crippen LogP contribution in [0.2, 0.25) is 0 Å². The average molecular weight is 355 g/mol. The second-order valence-corrected chi connectivity index (χ2v) is 6.69. The summed E-state index contributed by atoms with van der Waals surface area (Å²) in [6, 6.07) is 6.14. The van der Waals surface area contributed by atoms with E-state index in [2.05, 4.69) is 32.6 Å². The van der Waals surface area contributed by atoms with E-state index in [-0.39, 0.29) is 24.0 Å². The minimum absolute atomic E-state index is 0.0360. The molecule has 1 amide bonds. The van der Waals surface area contributed by atoms with Gasteiger partial charge in [0.25, 0.3) is 0 Å². The second kappa shape index (κ2) is 7.27. The second-order valence-electron chi connectivity index (χ2n) is 5.78. The number of carbonyl (C=O) groups is 1. The molecule has 1 aromatic rings. The van der Waals surface area contributed by atoms with Gasteiger partial charge in [0, 0.05) is 22.1 Å². The summed E-state index contributed by atoms with van der Waals surface area (Å²) in [5.74, 6) is 0.935. The Balaban J connectivity index is 2.11. The van der Waals surface area contributed by atoms with E-state index < -0.39 is 0 Å². The Morgan fingerprint density at radius 3 is 2.86 bits per heavy atom. The van der Waals surface area contributed by atoms with Gasteiger partial charge in [-0.3, -0.25) is 10.1 Å². The van der Waals surface area contributed by atoms with Crippen molar-refractivity contribution in [2.75, 3.05) is 6.61 Å². The van der Waals surface area contributed by atoms with Crippen LogP contribution in [0.5, 0.6) is 5.75 Å². The standard InChI is InChI=1S/C16H23BrN2O2/c1-10(2)18-16(20)11(3)19-14-5-4-8-21-15-9-12(17)6-7-13(14)15/h6-7,9-11,14,19H,4-5,8H2,1-3H3,(H,18,20). The molecule has 1 heterocycles. The van der Waals surface area contributed by atoms with Gasteiger partial charge < -0.3 is 10.1 Å². The number of carbonyl (C=O) groups excluding carboxylic acids is 1. The number of amides is 1. The van der Waals surface area contributed by atoms with Gasteiger partial charge in [-0.05, 0) is 45.7 Å². The molecule has 1 aliphatic rings. The Bertz CT molecular complexity index is 505. The zero-order chi connectivity index (χ0) is 15.4. The van der Waals surface area contributed by atoms with E-state index in [4.69, 9.17) is 4.74 Å². The molecule has 2 rings (SSSR count). The minimum atomic E-state index is -0.230. The van der Waals surface area contributed by atoms with Crippen LogP contribution in [-0.4, -0.2) is 24.6 Å². The smallest absolute Gasteiger partial charge is 0.237 e. The highest BCUT2D eigenvalue weighted by Gasteiger charge is 2.24. The first-order valence-corrected chi connectivity index (χ1v) is 8.25. The lowest BCUT2D eigenvalue weighted by Crippen LogP contribution is -2.45. The van der Waals surface area contributed by atoms with E-state index in [0.717, 1.165) is 28.6 Å². The molecule has 1 aromatic carbocycles. The number of ether oxygens (including phenoxy) is 1. The zero-order valence-corrected chi connectivity index (χ0v) is 14.4. The van der Waals surface area contributed by atoms with Crippen molar-refractivity contribution in [3.05, 3.63) is 28.2 Å². The molecule has 2 atom stereocenters. The Morgan fingerprint density at radius 1 is 1.38 bits per heavy atom. The third-order valence-corrected chi connectivity index (χ3v) is 4.01. The Labute approximate surface area is 134 Å². The normalized spacial score (nSPS) is 19.4. The minimum Gasteiger partial charge on any atom is -0.493 e. The molecule has 5 heteroatoms. The molecule has 4 nitrogen and oxygen atoms in total. The van der Waals surface area contributed by atoms with Crippen molar-refractivity contribution in [2.45, 2.75) is 51.7 Å². The summed E-state index contributed by atoms with van der Waals surface area (Å²) in [4.78, 5) is 12.1. The van der Waals surface area contributed by atoms with Gasteiger partial charge in [0.1, 0.15) is 5.75 Å². The SMILES string of the molecule is CC(C)NC(=O)C(C)NC1CCCOc2cc(Br)ccc21. The average Bonchev–Trinajstić information content (AvgIpc) is 2.60. The van der Waals surface area contributed by atoms with Crippen LogP contribution in [0.15, 0.2) is 22.7 Å². The monoisotopic (exact) mass is 354 g/mol. The molecule has 2 N–H and O–H groups in total. The summed E-state index contributed by atoms with van der Waals surface area (Å²) in [6.45, 7) is 6.56. The molecule has 0 fully saturated rings. The molecule has 0 aromatic heterocycles. The van der Waals surface area contributed by atoms with Gasteiger partial charge in [0.05, 0.1) is 12.6 Å². The first-order valence-electron chi connectivity index (χ1n) is 7.46. The predicted octanol–water partition coefficient (Wildman–Crippen LogP) is 3.17. The maximum absolute atomic E-state index is 12.1. The largest absolute Gasteiger partial charge is 0.493 e. The maximum Gasteiger partial charge on any atom is 0.237 e. The van der Waals surface area contributed by atoms with Crippen molar-refractivity contribution in [2.24, 2.45) is 0 Å². The lowest BCUT2D eigenvalue weighted by Gasteiger charge is -2.23. The van der Waals surface area contributed by atoms with Gasteiger partial charge in [-0.2, -0.15) is 0 Å². The van der Waals surface area contributed by atoms with Crippen molar-refractivity contribution < 1.29 is 9.53 Å². The lowest BCUT2D eigenvalue weighted by atomic mass is 10.0. The van der Waals surface area contributed by atoms with E-state index >= 15 is 0 Å². The number of hydrogen-bond donors (Lipinski definition) is 2. The van der Waals surface area contributed by atoms with Gasteiger partial charge in [-0.1, -0.05) is 22.0 Å². The third-order valence-electron chi connectivity index (χ3n) is 3.52. The molecule has 21 heavy (non-hydrogen) atoms. The number of benzene rings is 1. The highest BCUT2D eigenvalue weighted by molar-refractivity contribution is 9.10. The quantitative estimate of drug-likeness (QED) is 0.872. The molecule has 0 saturated heterocycles. The molecule has 0 saturated carbocycles. The van der Waals surface area contributed by atoms with Crippen LogP contribution in [-0.2, 0) is 4.79 Å². The highest BCUT2D eigenvalue weighted by atomic mass is 79.9. The molecular formula is C16H23BrN2O2. The number of rotatable bonds is 4. The molecular weight excluding hydrogens is 332 g/mol. The van der Waals surface area contributed by atoms with E-state index in [1.807, 2.05) is 32.9 Å². The van der Waals surface area contributed by atoms with E-state index in [0.29, 0.717) is 6.61 Å². The first-order chi connectivity index (χ1) is 9.97. The van der Waals surface area contributed by atoms with Crippen molar-refractivity contribution in [1.29, 1.82) is 0 Å². The van der Waals surface area contributed by atoms with Gasteiger partial charge in [-0.15, -0.1) is 0 Å². The third kappa shape index (κ3) is 4.45. The molecule has 116 valence electrons. The topological polar surface area (TPSA) is 50.4 Å².